The van der Waals surface area contributed by atoms with Crippen molar-refractivity contribution in [3.05, 3.63) is 126 Å². The average molecular weight is 632 g/mol. The van der Waals surface area contributed by atoms with Gasteiger partial charge in [0.2, 0.25) is 11.8 Å². The Labute approximate surface area is 264 Å². The van der Waals surface area contributed by atoms with Crippen LogP contribution in [0, 0.1) is 12.7 Å². The largest absolute Gasteiger partial charge is 0.495 e. The van der Waals surface area contributed by atoms with Gasteiger partial charge >= 0.3 is 0 Å². The number of sulfonamides is 1. The fourth-order valence-corrected chi connectivity index (χ4v) is 6.39. The van der Waals surface area contributed by atoms with Gasteiger partial charge in [0.25, 0.3) is 10.0 Å². The molecule has 0 saturated heterocycles. The number of nitrogens with zero attached hydrogens (tertiary/aromatic N) is 2. The number of methoxy groups -OCH3 is 1. The quantitative estimate of drug-likeness (QED) is 0.210. The van der Waals surface area contributed by atoms with Gasteiger partial charge in [0, 0.05) is 19.0 Å². The molecule has 1 unspecified atom stereocenters. The number of benzene rings is 4. The van der Waals surface area contributed by atoms with Crippen molar-refractivity contribution >= 4 is 27.5 Å². The molecule has 0 radical (unpaired) electrons. The minimum atomic E-state index is -4.28. The molecule has 0 aliphatic carbocycles. The van der Waals surface area contributed by atoms with Crippen LogP contribution < -0.4 is 14.4 Å². The monoisotopic (exact) mass is 631 g/mol. The van der Waals surface area contributed by atoms with Crippen molar-refractivity contribution in [3.63, 3.8) is 0 Å². The molecular weight excluding hydrogens is 593 g/mol. The van der Waals surface area contributed by atoms with E-state index in [0.717, 1.165) is 15.4 Å². The molecule has 1 N–H and O–H groups in total. The molecule has 10 heteroatoms. The van der Waals surface area contributed by atoms with E-state index in [1.807, 2.05) is 51.1 Å². The number of carbonyl (C=O) groups excluding carboxylic acids is 2. The van der Waals surface area contributed by atoms with Crippen LogP contribution in [0.1, 0.15) is 30.5 Å². The Morgan fingerprint density at radius 2 is 1.49 bits per heavy atom. The summed E-state index contributed by atoms with van der Waals surface area (Å²) >= 11 is 0. The third-order valence-electron chi connectivity index (χ3n) is 7.18. The molecule has 2 amide bonds. The smallest absolute Gasteiger partial charge is 0.264 e. The molecule has 4 rings (SSSR count). The van der Waals surface area contributed by atoms with Gasteiger partial charge in [0.05, 0.1) is 17.7 Å². The molecule has 0 aliphatic rings. The fraction of sp³-hybridized carbons (Fsp3) is 0.257. The van der Waals surface area contributed by atoms with Crippen LogP contribution in [-0.2, 0) is 32.6 Å². The normalized spacial score (nSPS) is 12.0. The van der Waals surface area contributed by atoms with Crippen LogP contribution in [0.25, 0.3) is 0 Å². The summed E-state index contributed by atoms with van der Waals surface area (Å²) in [5, 5.41) is 2.92. The van der Waals surface area contributed by atoms with Gasteiger partial charge in [-0.3, -0.25) is 13.9 Å². The summed E-state index contributed by atoms with van der Waals surface area (Å²) in [7, 11) is -2.85. The second-order valence-electron chi connectivity index (χ2n) is 11.0. The Hall–Kier alpha value is -4.70. The summed E-state index contributed by atoms with van der Waals surface area (Å²) in [6, 6.07) is 26.6. The molecular formula is C35H38FN3O5S. The Morgan fingerprint density at radius 1 is 0.867 bits per heavy atom. The molecule has 45 heavy (non-hydrogen) atoms. The summed E-state index contributed by atoms with van der Waals surface area (Å²) in [5.41, 5.74) is 2.33. The predicted molar refractivity (Wildman–Crippen MR) is 173 cm³/mol. The second kappa shape index (κ2) is 14.9. The van der Waals surface area contributed by atoms with E-state index < -0.39 is 40.2 Å². The highest BCUT2D eigenvalue weighted by Crippen LogP contribution is 2.34. The number of anilines is 1. The van der Waals surface area contributed by atoms with E-state index in [4.69, 9.17) is 4.74 Å². The van der Waals surface area contributed by atoms with Crippen LogP contribution in [0.5, 0.6) is 5.75 Å². The van der Waals surface area contributed by atoms with Gasteiger partial charge in [-0.1, -0.05) is 66.7 Å². The van der Waals surface area contributed by atoms with E-state index in [1.54, 1.807) is 36.4 Å². The zero-order valence-electron chi connectivity index (χ0n) is 25.8. The van der Waals surface area contributed by atoms with Crippen LogP contribution >= 0.6 is 0 Å². The lowest BCUT2D eigenvalue weighted by atomic mass is 10.0. The first-order valence-electron chi connectivity index (χ1n) is 14.6. The molecule has 0 spiro atoms. The molecule has 0 saturated carbocycles. The summed E-state index contributed by atoms with van der Waals surface area (Å²) < 4.78 is 48.8. The number of hydrogen-bond acceptors (Lipinski definition) is 5. The summed E-state index contributed by atoms with van der Waals surface area (Å²) in [6.07, 6.45) is 0.172. The van der Waals surface area contributed by atoms with E-state index in [9.17, 15) is 22.4 Å². The van der Waals surface area contributed by atoms with Crippen molar-refractivity contribution in [2.75, 3.05) is 18.0 Å². The Bertz CT molecular complexity index is 1700. The van der Waals surface area contributed by atoms with Gasteiger partial charge in [-0.15, -0.1) is 0 Å². The van der Waals surface area contributed by atoms with E-state index in [2.05, 4.69) is 5.32 Å². The molecule has 236 valence electrons. The third-order valence-corrected chi connectivity index (χ3v) is 8.96. The molecule has 4 aromatic carbocycles. The van der Waals surface area contributed by atoms with Crippen molar-refractivity contribution in [1.29, 1.82) is 0 Å². The van der Waals surface area contributed by atoms with Crippen LogP contribution in [-0.4, -0.2) is 50.9 Å². The van der Waals surface area contributed by atoms with Crippen molar-refractivity contribution in [2.24, 2.45) is 0 Å². The maximum Gasteiger partial charge on any atom is 0.264 e. The fourth-order valence-electron chi connectivity index (χ4n) is 4.95. The highest BCUT2D eigenvalue weighted by atomic mass is 32.2. The van der Waals surface area contributed by atoms with Gasteiger partial charge in [-0.05, 0) is 73.9 Å². The maximum absolute atomic E-state index is 14.5. The first kappa shape index (κ1) is 33.2. The summed E-state index contributed by atoms with van der Waals surface area (Å²) in [5.74, 6) is -1.20. The second-order valence-corrected chi connectivity index (χ2v) is 12.9. The van der Waals surface area contributed by atoms with Crippen molar-refractivity contribution in [3.8, 4) is 5.75 Å². The molecule has 8 nitrogen and oxygen atoms in total. The molecule has 0 aromatic heterocycles. The number of aryl methyl sites for hydroxylation is 1. The highest BCUT2D eigenvalue weighted by molar-refractivity contribution is 7.92. The number of amides is 2. The van der Waals surface area contributed by atoms with E-state index in [-0.39, 0.29) is 35.3 Å². The maximum atomic E-state index is 14.5. The van der Waals surface area contributed by atoms with E-state index >= 15 is 0 Å². The number of ether oxygens (including phenoxy) is 1. The van der Waals surface area contributed by atoms with Crippen LogP contribution in [0.15, 0.2) is 108 Å². The van der Waals surface area contributed by atoms with E-state index in [0.29, 0.717) is 5.56 Å². The number of hydrogen-bond donors (Lipinski definition) is 1. The molecule has 1 atom stereocenters. The Balaban J connectivity index is 1.84. The first-order chi connectivity index (χ1) is 21.5. The number of rotatable bonds is 13. The first-order valence-corrected chi connectivity index (χ1v) is 16.0. The zero-order valence-corrected chi connectivity index (χ0v) is 26.6. The minimum Gasteiger partial charge on any atom is -0.495 e. The van der Waals surface area contributed by atoms with Crippen molar-refractivity contribution < 1.29 is 27.1 Å². The van der Waals surface area contributed by atoms with Gasteiger partial charge in [-0.25, -0.2) is 12.8 Å². The van der Waals surface area contributed by atoms with Crippen LogP contribution in [0.4, 0.5) is 10.1 Å². The SMILES string of the molecule is COc1ccc(C)cc1N(CC(=O)N(Cc1ccc(F)cc1)C(Cc1ccccc1)C(=O)NC(C)C)S(=O)(=O)c1ccccc1. The third kappa shape index (κ3) is 8.48. The Kier molecular flexibility index (Phi) is 11.0. The average Bonchev–Trinajstić information content (AvgIpc) is 3.02. The van der Waals surface area contributed by atoms with Crippen LogP contribution in [0.3, 0.4) is 0 Å². The standard InChI is InChI=1S/C35H38FN3O5S/c1-25(2)37-35(41)32(22-27-11-7-5-8-12-27)38(23-28-16-18-29(36)19-17-28)34(40)24-39(31-21-26(3)15-20-33(31)44-4)45(42,43)30-13-9-6-10-14-30/h5-21,25,32H,22-24H2,1-4H3,(H,37,41). The summed E-state index contributed by atoms with van der Waals surface area (Å²) in [6.45, 7) is 4.76. The minimum absolute atomic E-state index is 0.00942. The highest BCUT2D eigenvalue weighted by Gasteiger charge is 2.35. The van der Waals surface area contributed by atoms with Crippen molar-refractivity contribution in [2.45, 2.75) is 50.7 Å². The van der Waals surface area contributed by atoms with E-state index in [1.165, 1.54) is 48.4 Å². The zero-order chi connectivity index (χ0) is 32.6. The van der Waals surface area contributed by atoms with Gasteiger partial charge in [0.15, 0.2) is 0 Å². The molecule has 0 fully saturated rings. The number of nitrogens with one attached hydrogen (secondary N) is 1. The lowest BCUT2D eigenvalue weighted by molar-refractivity contribution is -0.140. The summed E-state index contributed by atoms with van der Waals surface area (Å²) in [4.78, 5) is 29.6. The lowest BCUT2D eigenvalue weighted by Crippen LogP contribution is -2.54. The number of carbonyl (C=O) groups is 2. The topological polar surface area (TPSA) is 96.0 Å². The van der Waals surface area contributed by atoms with Crippen LogP contribution in [0.2, 0.25) is 0 Å². The van der Waals surface area contributed by atoms with Gasteiger partial charge < -0.3 is 15.0 Å². The molecule has 0 aliphatic heterocycles. The van der Waals surface area contributed by atoms with Gasteiger partial charge in [-0.2, -0.15) is 0 Å². The molecule has 0 heterocycles. The molecule has 0 bridgehead atoms. The van der Waals surface area contributed by atoms with Gasteiger partial charge in [0.1, 0.15) is 24.2 Å². The number of halogens is 1. The lowest BCUT2D eigenvalue weighted by Gasteiger charge is -2.34. The predicted octanol–water partition coefficient (Wildman–Crippen LogP) is 5.50. The Morgan fingerprint density at radius 3 is 2.09 bits per heavy atom. The molecule has 4 aromatic rings. The van der Waals surface area contributed by atoms with Crippen molar-refractivity contribution in [1.82, 2.24) is 10.2 Å².